The van der Waals surface area contributed by atoms with Crippen molar-refractivity contribution in [1.29, 1.82) is 0 Å². The van der Waals surface area contributed by atoms with Crippen molar-refractivity contribution >= 4 is 10.1 Å². The largest absolute Gasteiger partial charge is 0.297 e. The third-order valence-corrected chi connectivity index (χ3v) is 3.60. The van der Waals surface area contributed by atoms with Gasteiger partial charge in [0.15, 0.2) is 0 Å². The molecule has 0 aromatic rings. The molecule has 1 fully saturated rings. The number of hydrogen-bond acceptors (Lipinski definition) is 2. The third-order valence-electron chi connectivity index (χ3n) is 2.15. The van der Waals surface area contributed by atoms with Crippen LogP contribution in [0.1, 0.15) is 26.2 Å². The zero-order valence-corrected chi connectivity index (χ0v) is 6.73. The Kier molecular flexibility index (Phi) is 2.01. The summed E-state index contributed by atoms with van der Waals surface area (Å²) in [5.74, 6) is 0.0718. The lowest BCUT2D eigenvalue weighted by molar-refractivity contribution is 0.391. The fourth-order valence-corrected chi connectivity index (χ4v) is 2.70. The highest BCUT2D eigenvalue weighted by molar-refractivity contribution is 7.86. The van der Waals surface area contributed by atoms with E-state index in [4.69, 9.17) is 0 Å². The molecular formula is C6H11O3S. The fourth-order valence-electron chi connectivity index (χ4n) is 1.54. The molecular weight excluding hydrogens is 152 g/mol. The topological polar surface area (TPSA) is 54.0 Å². The Balaban J connectivity index is 2.74. The van der Waals surface area contributed by atoms with E-state index in [1.165, 1.54) is 0 Å². The van der Waals surface area contributed by atoms with Crippen molar-refractivity contribution < 1.29 is 13.0 Å². The molecule has 0 aliphatic heterocycles. The van der Waals surface area contributed by atoms with Crippen LogP contribution in [0.5, 0.6) is 0 Å². The van der Waals surface area contributed by atoms with Crippen LogP contribution in [0, 0.1) is 5.92 Å². The molecule has 0 aromatic carbocycles. The molecule has 0 aromatic heterocycles. The smallest absolute Gasteiger partial charge is 0.197 e. The van der Waals surface area contributed by atoms with Crippen molar-refractivity contribution in [3.05, 3.63) is 0 Å². The number of rotatable bonds is 1. The first-order valence-electron chi connectivity index (χ1n) is 3.46. The maximum atomic E-state index is 10.5. The standard InChI is InChI=1S/C6H11O3S/c1-5-3-2-4-6(5)10(7,8)9/h5-6H,2-4H2,1H3. The maximum Gasteiger partial charge on any atom is 0.297 e. The van der Waals surface area contributed by atoms with Crippen molar-refractivity contribution in [2.24, 2.45) is 5.92 Å². The summed E-state index contributed by atoms with van der Waals surface area (Å²) in [5.41, 5.74) is 0. The van der Waals surface area contributed by atoms with Crippen LogP contribution in [0.15, 0.2) is 0 Å². The van der Waals surface area contributed by atoms with Gasteiger partial charge in [0.2, 0.25) is 0 Å². The lowest BCUT2D eigenvalue weighted by Gasteiger charge is -2.08. The minimum Gasteiger partial charge on any atom is -0.197 e. The lowest BCUT2D eigenvalue weighted by Crippen LogP contribution is -2.21. The molecule has 59 valence electrons. The molecule has 1 rings (SSSR count). The highest BCUT2D eigenvalue weighted by atomic mass is 32.2. The van der Waals surface area contributed by atoms with Crippen LogP contribution >= 0.6 is 0 Å². The van der Waals surface area contributed by atoms with E-state index < -0.39 is 15.4 Å². The van der Waals surface area contributed by atoms with Crippen LogP contribution in [0.3, 0.4) is 0 Å². The normalized spacial score (nSPS) is 34.6. The zero-order chi connectivity index (χ0) is 7.78. The van der Waals surface area contributed by atoms with Crippen LogP contribution in [0.2, 0.25) is 0 Å². The van der Waals surface area contributed by atoms with Gasteiger partial charge in [-0.05, 0) is 18.8 Å². The summed E-state index contributed by atoms with van der Waals surface area (Å²) < 4.78 is 31.5. The molecule has 0 bridgehead atoms. The molecule has 0 heterocycles. The van der Waals surface area contributed by atoms with Crippen molar-refractivity contribution in [2.45, 2.75) is 31.4 Å². The summed E-state index contributed by atoms with van der Waals surface area (Å²) in [6.45, 7) is 1.83. The Morgan fingerprint density at radius 3 is 2.10 bits per heavy atom. The van der Waals surface area contributed by atoms with E-state index in [1.54, 1.807) is 0 Å². The third kappa shape index (κ3) is 1.49. The van der Waals surface area contributed by atoms with E-state index in [-0.39, 0.29) is 5.92 Å². The lowest BCUT2D eigenvalue weighted by atomic mass is 10.1. The van der Waals surface area contributed by atoms with Gasteiger partial charge >= 0.3 is 0 Å². The molecule has 10 heavy (non-hydrogen) atoms. The van der Waals surface area contributed by atoms with E-state index in [9.17, 15) is 13.0 Å². The molecule has 4 heteroatoms. The van der Waals surface area contributed by atoms with Gasteiger partial charge < -0.3 is 0 Å². The van der Waals surface area contributed by atoms with Gasteiger partial charge in [0, 0.05) is 0 Å². The molecule has 0 spiro atoms. The second-order valence-electron chi connectivity index (χ2n) is 2.94. The van der Waals surface area contributed by atoms with Crippen LogP contribution in [-0.2, 0) is 14.7 Å². The van der Waals surface area contributed by atoms with Crippen LogP contribution < -0.4 is 0 Å². The summed E-state index contributed by atoms with van der Waals surface area (Å²) >= 11 is 0. The van der Waals surface area contributed by atoms with E-state index in [1.807, 2.05) is 6.92 Å². The van der Waals surface area contributed by atoms with Crippen molar-refractivity contribution in [1.82, 2.24) is 0 Å². The summed E-state index contributed by atoms with van der Waals surface area (Å²) in [7, 11) is -4.00. The predicted octanol–water partition coefficient (Wildman–Crippen LogP) is 0.935. The Bertz CT molecular complexity index is 207. The zero-order valence-electron chi connectivity index (χ0n) is 5.91. The molecule has 2 unspecified atom stereocenters. The van der Waals surface area contributed by atoms with Crippen molar-refractivity contribution in [3.8, 4) is 0 Å². The van der Waals surface area contributed by atoms with Gasteiger partial charge in [-0.15, -0.1) is 0 Å². The summed E-state index contributed by atoms with van der Waals surface area (Å²) in [4.78, 5) is 0. The molecule has 1 aliphatic carbocycles. The molecule has 3 nitrogen and oxygen atoms in total. The van der Waals surface area contributed by atoms with Gasteiger partial charge in [-0.25, -0.2) is 0 Å². The molecule has 1 saturated carbocycles. The minimum atomic E-state index is -4.00. The highest BCUT2D eigenvalue weighted by Gasteiger charge is 2.34. The van der Waals surface area contributed by atoms with Gasteiger partial charge in [0.25, 0.3) is 10.1 Å². The highest BCUT2D eigenvalue weighted by Crippen LogP contribution is 2.29. The second-order valence-corrected chi connectivity index (χ2v) is 4.53. The van der Waals surface area contributed by atoms with Gasteiger partial charge in [0.1, 0.15) is 0 Å². The number of hydrogen-bond donors (Lipinski definition) is 0. The quantitative estimate of drug-likeness (QED) is 0.577. The van der Waals surface area contributed by atoms with Gasteiger partial charge in [-0.3, -0.25) is 0 Å². The van der Waals surface area contributed by atoms with E-state index in [0.29, 0.717) is 6.42 Å². The SMILES string of the molecule is CC1CCCC1S([O])(=O)=O. The Morgan fingerprint density at radius 2 is 1.90 bits per heavy atom. The first kappa shape index (κ1) is 8.01. The summed E-state index contributed by atoms with van der Waals surface area (Å²) in [5, 5.41) is -0.604. The Hall–Kier alpha value is -0.0900. The van der Waals surface area contributed by atoms with Gasteiger partial charge in [-0.1, -0.05) is 17.9 Å². The summed E-state index contributed by atoms with van der Waals surface area (Å²) in [6, 6.07) is 0. The molecule has 0 N–H and O–H groups in total. The van der Waals surface area contributed by atoms with Crippen LogP contribution in [0.25, 0.3) is 0 Å². The molecule has 1 aliphatic rings. The van der Waals surface area contributed by atoms with Crippen molar-refractivity contribution in [2.75, 3.05) is 0 Å². The molecule has 0 saturated heterocycles. The minimum absolute atomic E-state index is 0.0718. The second kappa shape index (κ2) is 2.51. The summed E-state index contributed by atoms with van der Waals surface area (Å²) in [6.07, 6.45) is 2.33. The average molecular weight is 163 g/mol. The van der Waals surface area contributed by atoms with E-state index in [2.05, 4.69) is 0 Å². The van der Waals surface area contributed by atoms with Crippen molar-refractivity contribution in [3.63, 3.8) is 0 Å². The molecule has 1 radical (unpaired) electrons. The Labute approximate surface area is 61.2 Å². The maximum absolute atomic E-state index is 10.5. The van der Waals surface area contributed by atoms with Gasteiger partial charge in [0.05, 0.1) is 5.25 Å². The van der Waals surface area contributed by atoms with Gasteiger partial charge in [-0.2, -0.15) is 8.42 Å². The average Bonchev–Trinajstić information content (AvgIpc) is 2.11. The molecule has 2 atom stereocenters. The van der Waals surface area contributed by atoms with Crippen LogP contribution in [-0.4, -0.2) is 13.7 Å². The first-order valence-corrected chi connectivity index (χ1v) is 4.93. The molecule has 0 amide bonds. The Morgan fingerprint density at radius 1 is 1.30 bits per heavy atom. The first-order chi connectivity index (χ1) is 4.52. The monoisotopic (exact) mass is 163 g/mol. The predicted molar refractivity (Wildman–Crippen MR) is 36.4 cm³/mol. The van der Waals surface area contributed by atoms with E-state index in [0.717, 1.165) is 12.8 Å². The fraction of sp³-hybridized carbons (Fsp3) is 1.00. The van der Waals surface area contributed by atoms with E-state index >= 15 is 0 Å². The van der Waals surface area contributed by atoms with Crippen LogP contribution in [0.4, 0.5) is 0 Å².